The highest BCUT2D eigenvalue weighted by molar-refractivity contribution is 5.80. The molecule has 8 nitrogen and oxygen atoms in total. The number of hydrogen-bond acceptors (Lipinski definition) is 6. The van der Waals surface area contributed by atoms with Gasteiger partial charge in [0.1, 0.15) is 33.6 Å². The molecule has 0 aliphatic heterocycles. The summed E-state index contributed by atoms with van der Waals surface area (Å²) in [5.74, 6) is 0.178. The molecule has 4 aromatic carbocycles. The highest BCUT2D eigenvalue weighted by Crippen LogP contribution is 2.41. The molecule has 0 amide bonds. The van der Waals surface area contributed by atoms with Crippen LogP contribution in [0.25, 0.3) is 33.4 Å². The number of rotatable bonds is 8. The normalized spacial score (nSPS) is 13.1. The second-order valence-electron chi connectivity index (χ2n) is 17.3. The Balaban J connectivity index is 1.44. The van der Waals surface area contributed by atoms with E-state index in [1.54, 1.807) is 33.9 Å². The van der Waals surface area contributed by atoms with Gasteiger partial charge >= 0.3 is 0 Å². The van der Waals surface area contributed by atoms with E-state index in [2.05, 4.69) is 81.4 Å². The smallest absolute Gasteiger partial charge is 0.121 e. The number of phenols is 2. The first-order valence-electron chi connectivity index (χ1n) is 17.2. The third-order valence-corrected chi connectivity index (χ3v) is 9.26. The summed E-state index contributed by atoms with van der Waals surface area (Å²) < 4.78 is 0. The van der Waals surface area contributed by atoms with Gasteiger partial charge in [-0.25, -0.2) is 0 Å². The number of aromatic nitrogens is 6. The summed E-state index contributed by atoms with van der Waals surface area (Å²) in [6.07, 6.45) is 2.15. The molecule has 256 valence electrons. The maximum atomic E-state index is 11.3. The molecule has 0 aliphatic rings. The van der Waals surface area contributed by atoms with Gasteiger partial charge < -0.3 is 10.2 Å². The summed E-state index contributed by atoms with van der Waals surface area (Å²) >= 11 is 0. The topological polar surface area (TPSA) is 102 Å². The van der Waals surface area contributed by atoms with E-state index in [4.69, 9.17) is 20.4 Å². The summed E-state index contributed by atoms with van der Waals surface area (Å²) in [6, 6.07) is 23.0. The van der Waals surface area contributed by atoms with Crippen LogP contribution < -0.4 is 0 Å². The fourth-order valence-corrected chi connectivity index (χ4v) is 8.06. The summed E-state index contributed by atoms with van der Waals surface area (Å²) in [4.78, 5) is 3.22. The van der Waals surface area contributed by atoms with Crippen LogP contribution >= 0.6 is 0 Å². The number of nitrogens with zero attached hydrogens (tertiary/aromatic N) is 6. The van der Waals surface area contributed by atoms with Gasteiger partial charge in [-0.2, -0.15) is 0 Å². The molecule has 2 heterocycles. The molecule has 2 N–H and O–H groups in total. The van der Waals surface area contributed by atoms with Crippen molar-refractivity contribution in [3.63, 3.8) is 0 Å². The van der Waals surface area contributed by atoms with Crippen molar-refractivity contribution < 1.29 is 10.2 Å². The molecule has 0 bridgehead atoms. The fraction of sp³-hybridized carbons (Fsp3) is 0.415. The average molecular weight is 659 g/mol. The lowest BCUT2D eigenvalue weighted by Crippen LogP contribution is -2.25. The van der Waals surface area contributed by atoms with E-state index in [1.807, 2.05) is 36.4 Å². The van der Waals surface area contributed by atoms with Crippen LogP contribution in [0, 0.1) is 10.8 Å². The Hall–Kier alpha value is -4.72. The number of phenolic OH excluding ortho intramolecular Hbond substituents is 2. The molecular formula is C41H50N6O2. The maximum absolute atomic E-state index is 11.3. The first-order valence-corrected chi connectivity index (χ1v) is 17.2. The van der Waals surface area contributed by atoms with Crippen LogP contribution in [0.1, 0.15) is 104 Å². The Kier molecular flexibility index (Phi) is 8.37. The van der Waals surface area contributed by atoms with Crippen molar-refractivity contribution in [1.82, 2.24) is 30.0 Å². The summed E-state index contributed by atoms with van der Waals surface area (Å²) in [5, 5.41) is 42.4. The Morgan fingerprint density at radius 1 is 0.490 bits per heavy atom. The molecule has 0 radical (unpaired) electrons. The molecule has 6 rings (SSSR count). The van der Waals surface area contributed by atoms with Gasteiger partial charge in [0, 0.05) is 17.5 Å². The molecule has 6 aromatic rings. The van der Waals surface area contributed by atoms with E-state index in [9.17, 15) is 10.2 Å². The van der Waals surface area contributed by atoms with Gasteiger partial charge in [-0.3, -0.25) is 0 Å². The van der Waals surface area contributed by atoms with Crippen molar-refractivity contribution in [2.24, 2.45) is 10.8 Å². The summed E-state index contributed by atoms with van der Waals surface area (Å²) in [6.45, 7) is 22.6. The van der Waals surface area contributed by atoms with Crippen molar-refractivity contribution in [3.8, 4) is 22.9 Å². The van der Waals surface area contributed by atoms with E-state index in [0.717, 1.165) is 46.0 Å². The lowest BCUT2D eigenvalue weighted by atomic mass is 9.72. The molecule has 0 atom stereocenters. The number of hydrogen-bond donors (Lipinski definition) is 2. The van der Waals surface area contributed by atoms with Crippen molar-refractivity contribution in [2.45, 2.75) is 99.3 Å². The van der Waals surface area contributed by atoms with E-state index < -0.39 is 0 Å². The highest BCUT2D eigenvalue weighted by Gasteiger charge is 2.32. The molecule has 0 unspecified atom stereocenters. The minimum Gasteiger partial charge on any atom is -0.508 e. The quantitative estimate of drug-likeness (QED) is 0.169. The summed E-state index contributed by atoms with van der Waals surface area (Å²) in [7, 11) is 0. The predicted octanol–water partition coefficient (Wildman–Crippen LogP) is 9.58. The zero-order valence-electron chi connectivity index (χ0n) is 30.6. The van der Waals surface area contributed by atoms with Crippen molar-refractivity contribution in [3.05, 3.63) is 95.1 Å². The van der Waals surface area contributed by atoms with Crippen LogP contribution in [0.4, 0.5) is 0 Å². The third-order valence-electron chi connectivity index (χ3n) is 9.26. The Morgan fingerprint density at radius 2 is 0.857 bits per heavy atom. The lowest BCUT2D eigenvalue weighted by Gasteiger charge is -2.33. The number of benzene rings is 4. The SMILES string of the molecule is CC(C)(C)CC(C)(C)c1cccc2nn(-c3cccc(O)c3Cc3c(O)cccc3-n3nc4cccc(C(C)(C)CC(C)(C)C)c4n3)nc12. The van der Waals surface area contributed by atoms with Gasteiger partial charge in [0.15, 0.2) is 0 Å². The number of fused-ring (bicyclic) bond motifs is 2. The van der Waals surface area contributed by atoms with Gasteiger partial charge in [-0.1, -0.05) is 106 Å². The van der Waals surface area contributed by atoms with E-state index >= 15 is 0 Å². The van der Waals surface area contributed by atoms with Crippen molar-refractivity contribution in [2.75, 3.05) is 0 Å². The molecule has 2 aromatic heterocycles. The first kappa shape index (κ1) is 34.2. The zero-order valence-corrected chi connectivity index (χ0v) is 30.6. The first-order chi connectivity index (χ1) is 22.8. The fourth-order valence-electron chi connectivity index (χ4n) is 8.06. The average Bonchev–Trinajstić information content (AvgIpc) is 3.61. The van der Waals surface area contributed by atoms with Crippen LogP contribution in [0.3, 0.4) is 0 Å². The highest BCUT2D eigenvalue weighted by atomic mass is 16.3. The van der Waals surface area contributed by atoms with Crippen LogP contribution in [-0.4, -0.2) is 40.2 Å². The van der Waals surface area contributed by atoms with Gasteiger partial charge in [-0.05, 0) is 82.0 Å². The Labute approximate surface area is 289 Å². The molecular weight excluding hydrogens is 608 g/mol. The largest absolute Gasteiger partial charge is 0.508 e. The van der Waals surface area contributed by atoms with Gasteiger partial charge in [-0.15, -0.1) is 30.0 Å². The Bertz CT molecular complexity index is 2000. The molecule has 0 saturated carbocycles. The second kappa shape index (κ2) is 12.0. The minimum absolute atomic E-state index is 0.0890. The van der Waals surface area contributed by atoms with Crippen LogP contribution in [0.5, 0.6) is 11.5 Å². The minimum atomic E-state index is -0.132. The molecule has 0 saturated heterocycles. The van der Waals surface area contributed by atoms with Gasteiger partial charge in [0.05, 0.1) is 11.4 Å². The van der Waals surface area contributed by atoms with E-state index in [1.165, 1.54) is 0 Å². The van der Waals surface area contributed by atoms with E-state index in [-0.39, 0.29) is 39.6 Å². The molecule has 0 spiro atoms. The zero-order chi connectivity index (χ0) is 35.5. The van der Waals surface area contributed by atoms with Gasteiger partial charge in [0.25, 0.3) is 0 Å². The van der Waals surface area contributed by atoms with Crippen LogP contribution in [0.15, 0.2) is 72.8 Å². The standard InChI is InChI=1S/C41H50N6O2/c1-38(2,3)24-40(7,8)28-15-11-17-30-36(28)44-46(42-30)32-19-13-21-34(48)26(32)23-27-33(20-14-22-35(27)49)47-43-31-18-12-16-29(37(31)45-47)41(9,10)25-39(4,5)6/h11-22,48-49H,23-25H2,1-10H3. The van der Waals surface area contributed by atoms with Crippen LogP contribution in [0.2, 0.25) is 0 Å². The monoisotopic (exact) mass is 658 g/mol. The molecule has 8 heteroatoms. The maximum Gasteiger partial charge on any atom is 0.121 e. The Morgan fingerprint density at radius 3 is 1.22 bits per heavy atom. The molecule has 49 heavy (non-hydrogen) atoms. The lowest BCUT2D eigenvalue weighted by molar-refractivity contribution is 0.284. The van der Waals surface area contributed by atoms with E-state index in [0.29, 0.717) is 22.5 Å². The van der Waals surface area contributed by atoms with Crippen LogP contribution in [-0.2, 0) is 17.3 Å². The summed E-state index contributed by atoms with van der Waals surface area (Å²) in [5.41, 5.74) is 7.97. The van der Waals surface area contributed by atoms with Gasteiger partial charge in [0.2, 0.25) is 0 Å². The number of aromatic hydroxyl groups is 2. The predicted molar refractivity (Wildman–Crippen MR) is 198 cm³/mol. The molecule has 0 aliphatic carbocycles. The second-order valence-corrected chi connectivity index (χ2v) is 17.3. The van der Waals surface area contributed by atoms with Crippen molar-refractivity contribution >= 4 is 22.1 Å². The molecule has 0 fully saturated rings. The third kappa shape index (κ3) is 6.91. The van der Waals surface area contributed by atoms with Crippen molar-refractivity contribution in [1.29, 1.82) is 0 Å².